The Labute approximate surface area is 103 Å². The maximum Gasteiger partial charge on any atom is 0.121 e. The lowest BCUT2D eigenvalue weighted by molar-refractivity contribution is 0.275. The Morgan fingerprint density at radius 1 is 1.00 bits per heavy atom. The van der Waals surface area contributed by atoms with Crippen LogP contribution in [0.25, 0.3) is 16.7 Å². The molecule has 0 saturated carbocycles. The molecule has 90 valence electrons. The zero-order chi connectivity index (χ0) is 12.5. The van der Waals surface area contributed by atoms with Crippen molar-refractivity contribution in [3.05, 3.63) is 48.0 Å². The van der Waals surface area contributed by atoms with Gasteiger partial charge in [0.05, 0.1) is 12.3 Å². The minimum atomic E-state index is -0.222. The zero-order valence-corrected chi connectivity index (χ0v) is 9.48. The molecule has 0 aliphatic heterocycles. The van der Waals surface area contributed by atoms with E-state index in [1.54, 1.807) is 12.1 Å². The monoisotopic (exact) mass is 241 g/mol. The Kier molecular flexibility index (Phi) is 2.46. The number of rotatable bonds is 2. The van der Waals surface area contributed by atoms with Gasteiger partial charge in [-0.05, 0) is 30.3 Å². The summed E-state index contributed by atoms with van der Waals surface area (Å²) in [7, 11) is 0. The fraction of sp³-hybridized carbons (Fsp3) is 0.0769. The van der Waals surface area contributed by atoms with E-state index in [1.807, 2.05) is 24.3 Å². The number of hydrogen-bond acceptors (Lipinski definition) is 4. The SMILES string of the molecule is OCc1cc(-n2nc3ccccc3n2)ccc1O. The van der Waals surface area contributed by atoms with Crippen LogP contribution in [-0.2, 0) is 6.61 Å². The molecule has 0 bridgehead atoms. The summed E-state index contributed by atoms with van der Waals surface area (Å²) in [4.78, 5) is 1.49. The van der Waals surface area contributed by atoms with Gasteiger partial charge in [-0.15, -0.1) is 10.2 Å². The molecule has 5 heteroatoms. The van der Waals surface area contributed by atoms with E-state index >= 15 is 0 Å². The third kappa shape index (κ3) is 1.70. The van der Waals surface area contributed by atoms with Gasteiger partial charge in [0.1, 0.15) is 16.8 Å². The predicted molar refractivity (Wildman–Crippen MR) is 66.5 cm³/mol. The topological polar surface area (TPSA) is 71.2 Å². The average Bonchev–Trinajstić information content (AvgIpc) is 2.83. The molecule has 0 aliphatic rings. The number of aliphatic hydroxyl groups is 1. The summed E-state index contributed by atoms with van der Waals surface area (Å²) in [5.74, 6) is 0.0676. The molecule has 18 heavy (non-hydrogen) atoms. The van der Waals surface area contributed by atoms with Gasteiger partial charge in [-0.1, -0.05) is 12.1 Å². The molecule has 0 spiro atoms. The van der Waals surface area contributed by atoms with E-state index in [0.29, 0.717) is 11.3 Å². The summed E-state index contributed by atoms with van der Waals surface area (Å²) in [5.41, 5.74) is 2.76. The van der Waals surface area contributed by atoms with Crippen LogP contribution >= 0.6 is 0 Å². The Bertz CT molecular complexity index is 673. The van der Waals surface area contributed by atoms with Gasteiger partial charge in [-0.25, -0.2) is 0 Å². The van der Waals surface area contributed by atoms with Crippen molar-refractivity contribution in [1.82, 2.24) is 15.0 Å². The molecule has 2 aromatic carbocycles. The lowest BCUT2D eigenvalue weighted by atomic mass is 10.2. The Balaban J connectivity index is 2.13. The van der Waals surface area contributed by atoms with E-state index < -0.39 is 0 Å². The number of benzene rings is 2. The molecule has 0 saturated heterocycles. The quantitative estimate of drug-likeness (QED) is 0.715. The lowest BCUT2D eigenvalue weighted by Gasteiger charge is -2.04. The molecule has 0 atom stereocenters. The normalized spacial score (nSPS) is 10.9. The van der Waals surface area contributed by atoms with Crippen molar-refractivity contribution in [3.63, 3.8) is 0 Å². The van der Waals surface area contributed by atoms with Gasteiger partial charge in [-0.3, -0.25) is 0 Å². The highest BCUT2D eigenvalue weighted by atomic mass is 16.3. The summed E-state index contributed by atoms with van der Waals surface area (Å²) in [6, 6.07) is 12.4. The highest BCUT2D eigenvalue weighted by Crippen LogP contribution is 2.20. The predicted octanol–water partition coefficient (Wildman–Crippen LogP) is 1.62. The first kappa shape index (κ1) is 10.7. The first-order valence-corrected chi connectivity index (χ1v) is 5.53. The second kappa shape index (κ2) is 4.12. The molecule has 0 fully saturated rings. The number of aromatic hydroxyl groups is 1. The molecule has 0 amide bonds. The first-order valence-electron chi connectivity index (χ1n) is 5.53. The second-order valence-corrected chi connectivity index (χ2v) is 3.95. The van der Waals surface area contributed by atoms with Crippen molar-refractivity contribution in [2.45, 2.75) is 6.61 Å². The van der Waals surface area contributed by atoms with Crippen LogP contribution in [-0.4, -0.2) is 25.2 Å². The van der Waals surface area contributed by atoms with Crippen LogP contribution in [0.1, 0.15) is 5.56 Å². The summed E-state index contributed by atoms with van der Waals surface area (Å²) < 4.78 is 0. The fourth-order valence-corrected chi connectivity index (χ4v) is 1.80. The third-order valence-corrected chi connectivity index (χ3v) is 2.75. The fourth-order valence-electron chi connectivity index (χ4n) is 1.80. The van der Waals surface area contributed by atoms with Gasteiger partial charge in [0.15, 0.2) is 0 Å². The highest BCUT2D eigenvalue weighted by molar-refractivity contribution is 5.73. The standard InChI is InChI=1S/C13H11N3O2/c17-8-9-7-10(5-6-13(9)18)16-14-11-3-1-2-4-12(11)15-16/h1-7,17-18H,8H2. The number of fused-ring (bicyclic) bond motifs is 1. The summed E-state index contributed by atoms with van der Waals surface area (Å²) >= 11 is 0. The van der Waals surface area contributed by atoms with Gasteiger partial charge in [0.25, 0.3) is 0 Å². The third-order valence-electron chi connectivity index (χ3n) is 2.75. The van der Waals surface area contributed by atoms with E-state index in [-0.39, 0.29) is 12.4 Å². The maximum absolute atomic E-state index is 9.51. The van der Waals surface area contributed by atoms with Crippen molar-refractivity contribution >= 4 is 11.0 Å². The van der Waals surface area contributed by atoms with Gasteiger partial charge in [0, 0.05) is 5.56 Å². The number of phenols is 1. The van der Waals surface area contributed by atoms with Gasteiger partial charge in [-0.2, -0.15) is 4.80 Å². The van der Waals surface area contributed by atoms with E-state index in [4.69, 9.17) is 5.11 Å². The van der Waals surface area contributed by atoms with E-state index in [2.05, 4.69) is 10.2 Å². The van der Waals surface area contributed by atoms with Crippen molar-refractivity contribution in [1.29, 1.82) is 0 Å². The molecule has 5 nitrogen and oxygen atoms in total. The molecular formula is C13H11N3O2. The van der Waals surface area contributed by atoms with Crippen LogP contribution in [0.5, 0.6) is 5.75 Å². The van der Waals surface area contributed by atoms with Crippen LogP contribution < -0.4 is 0 Å². The molecule has 0 radical (unpaired) electrons. The molecule has 0 unspecified atom stereocenters. The second-order valence-electron chi connectivity index (χ2n) is 3.95. The highest BCUT2D eigenvalue weighted by Gasteiger charge is 2.06. The summed E-state index contributed by atoms with van der Waals surface area (Å²) in [5, 5.41) is 27.3. The molecular weight excluding hydrogens is 230 g/mol. The first-order chi connectivity index (χ1) is 8.78. The van der Waals surface area contributed by atoms with Crippen molar-refractivity contribution in [2.24, 2.45) is 0 Å². The minimum Gasteiger partial charge on any atom is -0.508 e. The minimum absolute atomic E-state index is 0.0676. The van der Waals surface area contributed by atoms with Crippen LogP contribution in [0, 0.1) is 0 Å². The Hall–Kier alpha value is -2.40. The van der Waals surface area contributed by atoms with Crippen LogP contribution in [0.3, 0.4) is 0 Å². The molecule has 1 heterocycles. The van der Waals surface area contributed by atoms with Crippen LogP contribution in [0.4, 0.5) is 0 Å². The number of nitrogens with zero attached hydrogens (tertiary/aromatic N) is 3. The number of hydrogen-bond donors (Lipinski definition) is 2. The van der Waals surface area contributed by atoms with Crippen LogP contribution in [0.15, 0.2) is 42.5 Å². The Morgan fingerprint density at radius 2 is 1.67 bits per heavy atom. The van der Waals surface area contributed by atoms with E-state index in [9.17, 15) is 5.11 Å². The lowest BCUT2D eigenvalue weighted by Crippen LogP contribution is -1.99. The maximum atomic E-state index is 9.51. The molecule has 3 aromatic rings. The van der Waals surface area contributed by atoms with Crippen LogP contribution in [0.2, 0.25) is 0 Å². The largest absolute Gasteiger partial charge is 0.508 e. The number of aliphatic hydroxyl groups excluding tert-OH is 1. The van der Waals surface area contributed by atoms with Crippen molar-refractivity contribution in [3.8, 4) is 11.4 Å². The summed E-state index contributed by atoms with van der Waals surface area (Å²) in [6.45, 7) is -0.222. The van der Waals surface area contributed by atoms with E-state index in [1.165, 1.54) is 10.9 Å². The van der Waals surface area contributed by atoms with Crippen molar-refractivity contribution < 1.29 is 10.2 Å². The molecule has 0 aliphatic carbocycles. The smallest absolute Gasteiger partial charge is 0.121 e. The van der Waals surface area contributed by atoms with Gasteiger partial charge < -0.3 is 10.2 Å². The van der Waals surface area contributed by atoms with Gasteiger partial charge in [0.2, 0.25) is 0 Å². The zero-order valence-electron chi connectivity index (χ0n) is 9.48. The van der Waals surface area contributed by atoms with Crippen molar-refractivity contribution in [2.75, 3.05) is 0 Å². The average molecular weight is 241 g/mol. The number of aromatic nitrogens is 3. The van der Waals surface area contributed by atoms with Gasteiger partial charge >= 0.3 is 0 Å². The summed E-state index contributed by atoms with van der Waals surface area (Å²) in [6.07, 6.45) is 0. The molecule has 1 aromatic heterocycles. The molecule has 2 N–H and O–H groups in total. The Morgan fingerprint density at radius 3 is 2.28 bits per heavy atom. The van der Waals surface area contributed by atoms with E-state index in [0.717, 1.165) is 11.0 Å². The molecule has 3 rings (SSSR count).